The van der Waals surface area contributed by atoms with Crippen LogP contribution >= 0.6 is 0 Å². The number of nitrogens with one attached hydrogen (secondary N) is 1. The van der Waals surface area contributed by atoms with Crippen LogP contribution in [0.2, 0.25) is 0 Å². The Labute approximate surface area is 96.1 Å². The van der Waals surface area contributed by atoms with Crippen LogP contribution in [0.5, 0.6) is 0 Å². The smallest absolute Gasteiger partial charge is 0.0991 e. The summed E-state index contributed by atoms with van der Waals surface area (Å²) >= 11 is 0. The number of rotatable bonds is 4. The van der Waals surface area contributed by atoms with Crippen molar-refractivity contribution in [2.45, 2.75) is 13.8 Å². The van der Waals surface area contributed by atoms with Crippen molar-refractivity contribution in [2.24, 2.45) is 5.92 Å². The predicted octanol–water partition coefficient (Wildman–Crippen LogP) is 2.94. The van der Waals surface area contributed by atoms with Crippen molar-refractivity contribution in [3.05, 3.63) is 43.0 Å². The van der Waals surface area contributed by atoms with Gasteiger partial charge in [-0.3, -0.25) is 0 Å². The molecule has 1 aromatic heterocycles. The average molecular weight is 215 g/mol. The summed E-state index contributed by atoms with van der Waals surface area (Å²) in [6.45, 7) is 5.41. The van der Waals surface area contributed by atoms with Gasteiger partial charge in [-0.25, -0.2) is 4.98 Å². The van der Waals surface area contributed by atoms with Crippen LogP contribution < -0.4 is 5.32 Å². The molecule has 0 aliphatic carbocycles. The second-order valence-corrected chi connectivity index (χ2v) is 4.29. The minimum absolute atomic E-state index is 0.660. The van der Waals surface area contributed by atoms with Crippen molar-refractivity contribution in [3.63, 3.8) is 0 Å². The molecule has 0 saturated heterocycles. The van der Waals surface area contributed by atoms with Crippen molar-refractivity contribution in [3.8, 4) is 5.69 Å². The third-order valence-corrected chi connectivity index (χ3v) is 2.38. The molecule has 0 radical (unpaired) electrons. The second kappa shape index (κ2) is 4.84. The molecule has 0 fully saturated rings. The molecule has 0 aliphatic rings. The molecule has 1 heterocycles. The van der Waals surface area contributed by atoms with E-state index in [1.165, 1.54) is 0 Å². The van der Waals surface area contributed by atoms with Crippen LogP contribution in [0.15, 0.2) is 43.0 Å². The summed E-state index contributed by atoms with van der Waals surface area (Å²) in [4.78, 5) is 4.03. The van der Waals surface area contributed by atoms with Crippen LogP contribution in [0.1, 0.15) is 13.8 Å². The highest BCUT2D eigenvalue weighted by Gasteiger charge is 1.97. The minimum atomic E-state index is 0.660. The van der Waals surface area contributed by atoms with Gasteiger partial charge >= 0.3 is 0 Å². The van der Waals surface area contributed by atoms with Crippen molar-refractivity contribution in [2.75, 3.05) is 11.9 Å². The van der Waals surface area contributed by atoms with Gasteiger partial charge in [-0.1, -0.05) is 13.8 Å². The largest absolute Gasteiger partial charge is 0.385 e. The fourth-order valence-electron chi connectivity index (χ4n) is 1.49. The van der Waals surface area contributed by atoms with Crippen LogP contribution in [0.3, 0.4) is 0 Å². The summed E-state index contributed by atoms with van der Waals surface area (Å²) in [7, 11) is 0. The standard InChI is InChI=1S/C13H17N3/c1-11(2)9-15-12-3-5-13(6-4-12)16-8-7-14-10-16/h3-8,10-11,15H,9H2,1-2H3. The quantitative estimate of drug-likeness (QED) is 0.849. The number of aromatic nitrogens is 2. The number of benzene rings is 1. The molecule has 2 aromatic rings. The van der Waals surface area contributed by atoms with Crippen LogP contribution in [0.4, 0.5) is 5.69 Å². The normalized spacial score (nSPS) is 10.7. The van der Waals surface area contributed by atoms with E-state index in [1.54, 1.807) is 12.5 Å². The van der Waals surface area contributed by atoms with E-state index < -0.39 is 0 Å². The zero-order chi connectivity index (χ0) is 11.4. The topological polar surface area (TPSA) is 29.9 Å². The minimum Gasteiger partial charge on any atom is -0.385 e. The van der Waals surface area contributed by atoms with Crippen molar-refractivity contribution in [1.29, 1.82) is 0 Å². The lowest BCUT2D eigenvalue weighted by Crippen LogP contribution is -2.07. The van der Waals surface area contributed by atoms with Crippen LogP contribution in [-0.4, -0.2) is 16.1 Å². The van der Waals surface area contributed by atoms with Gasteiger partial charge in [-0.15, -0.1) is 0 Å². The van der Waals surface area contributed by atoms with Crippen molar-refractivity contribution in [1.82, 2.24) is 9.55 Å². The number of imidazole rings is 1. The van der Waals surface area contributed by atoms with Crippen molar-refractivity contribution < 1.29 is 0 Å². The second-order valence-electron chi connectivity index (χ2n) is 4.29. The van der Waals surface area contributed by atoms with E-state index in [4.69, 9.17) is 0 Å². The van der Waals surface area contributed by atoms with Gasteiger partial charge in [-0.2, -0.15) is 0 Å². The Bertz CT molecular complexity index is 415. The number of nitrogens with zero attached hydrogens (tertiary/aromatic N) is 2. The molecule has 16 heavy (non-hydrogen) atoms. The molecule has 1 aromatic carbocycles. The maximum Gasteiger partial charge on any atom is 0.0991 e. The first-order chi connectivity index (χ1) is 7.75. The third kappa shape index (κ3) is 2.63. The monoisotopic (exact) mass is 215 g/mol. The van der Waals surface area contributed by atoms with Gasteiger partial charge in [-0.05, 0) is 30.2 Å². The van der Waals surface area contributed by atoms with E-state index in [-0.39, 0.29) is 0 Å². The Morgan fingerprint density at radius 3 is 2.56 bits per heavy atom. The Morgan fingerprint density at radius 2 is 2.00 bits per heavy atom. The molecule has 1 N–H and O–H groups in total. The molecule has 0 amide bonds. The zero-order valence-electron chi connectivity index (χ0n) is 9.72. The first kappa shape index (κ1) is 10.7. The lowest BCUT2D eigenvalue weighted by atomic mass is 10.2. The van der Waals surface area contributed by atoms with Crippen molar-refractivity contribution >= 4 is 5.69 Å². The maximum absolute atomic E-state index is 4.03. The fourth-order valence-corrected chi connectivity index (χ4v) is 1.49. The Hall–Kier alpha value is -1.77. The van der Waals surface area contributed by atoms with E-state index in [0.29, 0.717) is 5.92 Å². The summed E-state index contributed by atoms with van der Waals surface area (Å²) in [5.41, 5.74) is 2.30. The van der Waals surface area contributed by atoms with Crippen LogP contribution in [-0.2, 0) is 0 Å². The Kier molecular flexibility index (Phi) is 3.25. The van der Waals surface area contributed by atoms with Crippen LogP contribution in [0.25, 0.3) is 5.69 Å². The molecule has 0 bridgehead atoms. The number of hydrogen-bond donors (Lipinski definition) is 1. The summed E-state index contributed by atoms with van der Waals surface area (Å²) in [5, 5.41) is 3.39. The molecule has 0 atom stereocenters. The lowest BCUT2D eigenvalue weighted by molar-refractivity contribution is 0.689. The average Bonchev–Trinajstić information content (AvgIpc) is 2.80. The summed E-state index contributed by atoms with van der Waals surface area (Å²) in [5.74, 6) is 0.660. The number of hydrogen-bond acceptors (Lipinski definition) is 2. The van der Waals surface area contributed by atoms with Gasteiger partial charge in [0.15, 0.2) is 0 Å². The summed E-state index contributed by atoms with van der Waals surface area (Å²) < 4.78 is 1.99. The van der Waals surface area contributed by atoms with Gasteiger partial charge in [0.25, 0.3) is 0 Å². The highest BCUT2D eigenvalue weighted by atomic mass is 15.0. The zero-order valence-corrected chi connectivity index (χ0v) is 9.72. The molecular weight excluding hydrogens is 198 g/mol. The van der Waals surface area contributed by atoms with E-state index in [9.17, 15) is 0 Å². The summed E-state index contributed by atoms with van der Waals surface area (Å²) in [6, 6.07) is 8.37. The highest BCUT2D eigenvalue weighted by Crippen LogP contribution is 2.13. The molecule has 0 aliphatic heterocycles. The van der Waals surface area contributed by atoms with E-state index in [2.05, 4.69) is 48.4 Å². The van der Waals surface area contributed by atoms with Gasteiger partial charge in [0.2, 0.25) is 0 Å². The molecule has 0 spiro atoms. The SMILES string of the molecule is CC(C)CNc1ccc(-n2ccnc2)cc1. The van der Waals surface area contributed by atoms with Gasteiger partial charge < -0.3 is 9.88 Å². The van der Waals surface area contributed by atoms with E-state index >= 15 is 0 Å². The molecule has 84 valence electrons. The van der Waals surface area contributed by atoms with E-state index in [0.717, 1.165) is 17.9 Å². The first-order valence-corrected chi connectivity index (χ1v) is 5.58. The predicted molar refractivity (Wildman–Crippen MR) is 66.9 cm³/mol. The Morgan fingerprint density at radius 1 is 1.25 bits per heavy atom. The lowest BCUT2D eigenvalue weighted by Gasteiger charge is -2.09. The van der Waals surface area contributed by atoms with Crippen LogP contribution in [0, 0.1) is 5.92 Å². The first-order valence-electron chi connectivity index (χ1n) is 5.58. The molecule has 3 heteroatoms. The maximum atomic E-state index is 4.03. The van der Waals surface area contributed by atoms with Gasteiger partial charge in [0, 0.05) is 30.3 Å². The molecule has 2 rings (SSSR count). The summed E-state index contributed by atoms with van der Waals surface area (Å²) in [6.07, 6.45) is 5.53. The molecule has 0 saturated carbocycles. The fraction of sp³-hybridized carbons (Fsp3) is 0.308. The molecule has 3 nitrogen and oxygen atoms in total. The molecule has 0 unspecified atom stereocenters. The molecular formula is C13H17N3. The Balaban J connectivity index is 2.05. The highest BCUT2D eigenvalue weighted by molar-refractivity contribution is 5.48. The number of anilines is 1. The third-order valence-electron chi connectivity index (χ3n) is 2.38. The van der Waals surface area contributed by atoms with Gasteiger partial charge in [0.1, 0.15) is 0 Å². The van der Waals surface area contributed by atoms with Gasteiger partial charge in [0.05, 0.1) is 6.33 Å². The van der Waals surface area contributed by atoms with E-state index in [1.807, 2.05) is 10.8 Å².